The number of aromatic carboxylic acids is 1. The molecule has 78 heavy (non-hydrogen) atoms. The molecule has 0 amide bonds. The number of benzene rings is 5. The summed E-state index contributed by atoms with van der Waals surface area (Å²) in [7, 11) is 0. The molecule has 0 spiro atoms. The van der Waals surface area contributed by atoms with Crippen LogP contribution >= 0.6 is 0 Å². The van der Waals surface area contributed by atoms with Gasteiger partial charge in [0.2, 0.25) is 0 Å². The Morgan fingerprint density at radius 1 is 0.526 bits per heavy atom. The topological polar surface area (TPSA) is 106 Å². The number of fused-ring (bicyclic) bond motifs is 9. The number of rotatable bonds is 5. The third-order valence-electron chi connectivity index (χ3n) is 16.7. The van der Waals surface area contributed by atoms with Gasteiger partial charge < -0.3 is 24.8 Å². The lowest BCUT2D eigenvalue weighted by Crippen LogP contribution is -2.29. The van der Waals surface area contributed by atoms with E-state index in [4.69, 9.17) is 9.73 Å². The highest BCUT2D eigenvalue weighted by Crippen LogP contribution is 2.54. The van der Waals surface area contributed by atoms with E-state index < -0.39 is 11.4 Å². The Balaban J connectivity index is 1.32. The molecule has 3 aliphatic heterocycles. The van der Waals surface area contributed by atoms with Gasteiger partial charge >= 0.3 is 5.97 Å². The van der Waals surface area contributed by atoms with Crippen LogP contribution in [-0.4, -0.2) is 37.8 Å². The van der Waals surface area contributed by atoms with E-state index in [1.54, 1.807) is 6.07 Å². The van der Waals surface area contributed by atoms with E-state index in [2.05, 4.69) is 236 Å². The number of H-pyrrole nitrogens is 3. The molecular formula is C71H74N4O3. The quantitative estimate of drug-likeness (QED) is 0.138. The highest BCUT2D eigenvalue weighted by Gasteiger charge is 2.41. The summed E-state index contributed by atoms with van der Waals surface area (Å²) in [6.07, 6.45) is 4.43. The van der Waals surface area contributed by atoms with Gasteiger partial charge in [-0.3, -0.25) is 4.99 Å². The minimum atomic E-state index is -1.02. The fourth-order valence-electron chi connectivity index (χ4n) is 13.1. The molecule has 0 saturated carbocycles. The van der Waals surface area contributed by atoms with Crippen molar-refractivity contribution in [2.75, 3.05) is 0 Å². The zero-order chi connectivity index (χ0) is 55.8. The molecule has 7 nitrogen and oxygen atoms in total. The summed E-state index contributed by atoms with van der Waals surface area (Å²) in [6.45, 7) is 37.4. The number of aromatic amines is 3. The van der Waals surface area contributed by atoms with Crippen LogP contribution < -0.4 is 26.1 Å². The highest BCUT2D eigenvalue weighted by atomic mass is 16.5. The summed E-state index contributed by atoms with van der Waals surface area (Å²) < 4.78 is 7.28. The lowest BCUT2D eigenvalue weighted by molar-refractivity contribution is 0.0693. The Bertz CT molecular complexity index is 4170. The molecule has 0 saturated heterocycles. The van der Waals surface area contributed by atoms with Gasteiger partial charge in [0.1, 0.15) is 17.1 Å². The van der Waals surface area contributed by atoms with Crippen molar-refractivity contribution < 1.29 is 14.6 Å². The van der Waals surface area contributed by atoms with Gasteiger partial charge in [-0.2, -0.15) is 0 Å². The first-order valence-corrected chi connectivity index (χ1v) is 27.6. The van der Waals surface area contributed by atoms with E-state index in [-0.39, 0.29) is 22.4 Å². The van der Waals surface area contributed by atoms with Gasteiger partial charge in [-0.15, -0.1) is 0 Å². The molecule has 8 aromatic rings. The monoisotopic (exact) mass is 1030 g/mol. The molecule has 4 N–H and O–H groups in total. The maximum Gasteiger partial charge on any atom is 0.339 e. The summed E-state index contributed by atoms with van der Waals surface area (Å²) in [5.74, 6) is -0.0203. The number of allylic oxidation sites excluding steroid dienone is 1. The molecule has 1 unspecified atom stereocenters. The van der Waals surface area contributed by atoms with Crippen LogP contribution in [0.15, 0.2) is 114 Å². The van der Waals surface area contributed by atoms with Crippen LogP contribution in [0.25, 0.3) is 22.3 Å². The second kappa shape index (κ2) is 18.4. The zero-order valence-electron chi connectivity index (χ0n) is 48.7. The lowest BCUT2D eigenvalue weighted by atomic mass is 9.70. The Hall–Kier alpha value is -7.90. The van der Waals surface area contributed by atoms with E-state index in [0.29, 0.717) is 11.5 Å². The summed E-state index contributed by atoms with van der Waals surface area (Å²) in [4.78, 5) is 31.5. The van der Waals surface area contributed by atoms with Gasteiger partial charge in [-0.1, -0.05) is 127 Å². The van der Waals surface area contributed by atoms with Crippen molar-refractivity contribution >= 4 is 34.0 Å². The first kappa shape index (κ1) is 52.2. The minimum Gasteiger partial charge on any atom is -0.478 e. The number of carboxylic acids is 1. The second-order valence-electron chi connectivity index (χ2n) is 25.4. The van der Waals surface area contributed by atoms with Gasteiger partial charge in [0.05, 0.1) is 11.8 Å². The van der Waals surface area contributed by atoms with E-state index in [0.717, 1.165) is 99.7 Å². The highest BCUT2D eigenvalue weighted by molar-refractivity contribution is 6.30. The van der Waals surface area contributed by atoms with Crippen molar-refractivity contribution in [2.24, 2.45) is 4.99 Å². The average Bonchev–Trinajstić information content (AvgIpc) is 4.26. The largest absolute Gasteiger partial charge is 0.478 e. The predicted molar refractivity (Wildman–Crippen MR) is 321 cm³/mol. The molecule has 3 aromatic heterocycles. The first-order valence-electron chi connectivity index (χ1n) is 27.6. The molecule has 0 radical (unpaired) electrons. The summed E-state index contributed by atoms with van der Waals surface area (Å²) >= 11 is 0. The molecule has 1 atom stereocenters. The normalized spacial score (nSPS) is 18.6. The molecule has 8 bridgehead atoms. The van der Waals surface area contributed by atoms with Crippen LogP contribution in [-0.2, 0) is 16.2 Å². The molecule has 7 heteroatoms. The maximum atomic E-state index is 13.5. The number of nitrogens with zero attached hydrogens (tertiary/aromatic N) is 1. The first-order chi connectivity index (χ1) is 36.7. The van der Waals surface area contributed by atoms with Crippen molar-refractivity contribution in [3.63, 3.8) is 0 Å². The Kier molecular flexibility index (Phi) is 12.3. The number of aryl methyl sites for hydroxylation is 9. The van der Waals surface area contributed by atoms with E-state index >= 15 is 0 Å². The fourth-order valence-corrected chi connectivity index (χ4v) is 13.1. The predicted octanol–water partition coefficient (Wildman–Crippen LogP) is 13.5. The number of carboxylic acid groups (broad SMARTS) is 1. The third-order valence-corrected chi connectivity index (χ3v) is 16.7. The molecule has 3 aliphatic rings. The Morgan fingerprint density at radius 2 is 0.949 bits per heavy atom. The number of nitrogens with one attached hydrogen (secondary N) is 3. The van der Waals surface area contributed by atoms with Crippen molar-refractivity contribution in [2.45, 2.75) is 140 Å². The molecule has 5 aromatic carbocycles. The van der Waals surface area contributed by atoms with Crippen LogP contribution in [0.2, 0.25) is 0 Å². The van der Waals surface area contributed by atoms with E-state index in [1.165, 1.54) is 55.6 Å². The Labute approximate surface area is 460 Å². The van der Waals surface area contributed by atoms with Crippen molar-refractivity contribution in [1.29, 1.82) is 0 Å². The number of hydrogen-bond acceptors (Lipinski definition) is 3. The molecule has 6 heterocycles. The van der Waals surface area contributed by atoms with E-state index in [9.17, 15) is 9.90 Å². The lowest BCUT2D eigenvalue weighted by Gasteiger charge is -2.39. The molecular weight excluding hydrogens is 957 g/mol. The van der Waals surface area contributed by atoms with Crippen molar-refractivity contribution in [3.8, 4) is 11.5 Å². The number of hydrogen-bond donors (Lipinski definition) is 4. The standard InChI is InChI=1S/C71H74N4O3/c1-36-26-39(4)59(40(5)27-36)63-53-20-18-51(72-53)62(47-32-45(69(10,11)12)34-49-66(47)78-67-48(68(76)77)33-46(70(13,14)15)35-50(67)71(49,16)17)52-19-21-54(73-52)64(60-41(6)28-37(2)29-42(60)7)56-23-25-58(75-56)65(57-24-22-55(63)74-57)61-43(8)30-38(3)31-44(61)9/h18-35,53,73-75H,1-17H3,(H,76,77)/b62-52-,63-55+,64-54+,65-57+. The number of aliphatic imine (C=N–C) groups is 1. The summed E-state index contributed by atoms with van der Waals surface area (Å²) in [5.41, 5.74) is 24.9. The number of ether oxygens (including phenoxy) is 1. The molecule has 11 rings (SSSR count). The van der Waals surface area contributed by atoms with Gasteiger partial charge in [0.25, 0.3) is 0 Å². The van der Waals surface area contributed by atoms with Crippen molar-refractivity contribution in [1.82, 2.24) is 15.0 Å². The maximum absolute atomic E-state index is 13.5. The van der Waals surface area contributed by atoms with Crippen molar-refractivity contribution in [3.05, 3.63) is 242 Å². The third kappa shape index (κ3) is 8.67. The zero-order valence-corrected chi connectivity index (χ0v) is 48.7. The number of aromatic nitrogens is 3. The van der Waals surface area contributed by atoms with E-state index in [1.807, 2.05) is 0 Å². The van der Waals surface area contributed by atoms with Gasteiger partial charge in [0.15, 0.2) is 0 Å². The van der Waals surface area contributed by atoms with Crippen LogP contribution in [0.3, 0.4) is 0 Å². The van der Waals surface area contributed by atoms with Gasteiger partial charge in [0, 0.05) is 77.2 Å². The molecule has 0 fully saturated rings. The summed E-state index contributed by atoms with van der Waals surface area (Å²) in [6, 6.07) is 35.2. The minimum absolute atomic E-state index is 0.153. The Morgan fingerprint density at radius 3 is 1.42 bits per heavy atom. The average molecular weight is 1030 g/mol. The summed E-state index contributed by atoms with van der Waals surface area (Å²) in [5, 5.41) is 14.8. The SMILES string of the molecule is Cc1cc(C)c(/C2=c3\cc/c([nH]3)=C(\c3cc(C(C)(C)C)cc4c3Oc3c(C(=O)O)cc(C(C)(C)C)cc3C4(C)C)C3=NC(C=C3)/C(c3c(C)cc(C)cc3C)=c3/cc/c([nH]3)=C(\c3c(C)cc(C)cc3C)c3ccc2[nH]3)c(C)c1. The number of carbonyl (C=O) groups is 1. The van der Waals surface area contributed by atoms with Crippen LogP contribution in [0.1, 0.15) is 172 Å². The molecule has 396 valence electrons. The van der Waals surface area contributed by atoms with Crippen LogP contribution in [0.5, 0.6) is 11.5 Å². The fraction of sp³-hybridized carbons (Fsp3) is 0.296. The van der Waals surface area contributed by atoms with Crippen LogP contribution in [0, 0.1) is 62.3 Å². The second-order valence-corrected chi connectivity index (χ2v) is 25.4. The molecule has 0 aliphatic carbocycles. The van der Waals surface area contributed by atoms with Crippen LogP contribution in [0.4, 0.5) is 0 Å². The van der Waals surface area contributed by atoms with Gasteiger partial charge in [-0.05, 0) is 189 Å². The van der Waals surface area contributed by atoms with Gasteiger partial charge in [-0.25, -0.2) is 4.79 Å². The smallest absolute Gasteiger partial charge is 0.339 e.